The molecule has 0 bridgehead atoms. The highest BCUT2D eigenvalue weighted by Crippen LogP contribution is 2.21. The van der Waals surface area contributed by atoms with E-state index < -0.39 is 0 Å². The zero-order valence-electron chi connectivity index (χ0n) is 17.0. The molecular formula is C20H41IN4O. The molecule has 0 spiro atoms. The Morgan fingerprint density at radius 1 is 1.08 bits per heavy atom. The molecule has 1 saturated carbocycles. The molecule has 26 heavy (non-hydrogen) atoms. The van der Waals surface area contributed by atoms with Crippen molar-refractivity contribution in [3.05, 3.63) is 0 Å². The lowest BCUT2D eigenvalue weighted by molar-refractivity contribution is 0.120. The van der Waals surface area contributed by atoms with E-state index in [-0.39, 0.29) is 30.1 Å². The number of nitrogens with one attached hydrogen (secondary N) is 2. The van der Waals surface area contributed by atoms with Gasteiger partial charge in [0.05, 0.1) is 6.10 Å². The SMILES string of the molecule is CCNC(=NCCCCN1CC(C)CC(C)C1)NC1CCC(O)CC1.I. The van der Waals surface area contributed by atoms with E-state index in [1.54, 1.807) is 0 Å². The molecule has 2 fully saturated rings. The standard InChI is InChI=1S/C20H40N4O.HI/c1-4-21-20(23-18-7-9-19(25)10-8-18)22-11-5-6-12-24-14-16(2)13-17(3)15-24;/h16-19,25H,4-15H2,1-3H3,(H2,21,22,23);1H. The summed E-state index contributed by atoms with van der Waals surface area (Å²) >= 11 is 0. The summed E-state index contributed by atoms with van der Waals surface area (Å²) in [7, 11) is 0. The Kier molecular flexibility index (Phi) is 12.1. The molecule has 0 aromatic carbocycles. The second-order valence-corrected chi connectivity index (χ2v) is 8.32. The number of hydrogen-bond acceptors (Lipinski definition) is 3. The summed E-state index contributed by atoms with van der Waals surface area (Å²) in [6.07, 6.45) is 7.56. The Morgan fingerprint density at radius 2 is 1.73 bits per heavy atom. The molecule has 1 saturated heterocycles. The van der Waals surface area contributed by atoms with Crippen LogP contribution in [0.5, 0.6) is 0 Å². The van der Waals surface area contributed by atoms with Crippen molar-refractivity contribution in [1.82, 2.24) is 15.5 Å². The van der Waals surface area contributed by atoms with E-state index in [2.05, 4.69) is 36.3 Å². The molecule has 3 N–H and O–H groups in total. The van der Waals surface area contributed by atoms with E-state index in [0.717, 1.165) is 63.0 Å². The number of rotatable bonds is 7. The maximum atomic E-state index is 9.63. The average molecular weight is 480 g/mol. The quantitative estimate of drug-likeness (QED) is 0.227. The molecule has 2 atom stereocenters. The lowest BCUT2D eigenvalue weighted by Gasteiger charge is -2.34. The van der Waals surface area contributed by atoms with Gasteiger partial charge in [0.25, 0.3) is 0 Å². The van der Waals surface area contributed by atoms with E-state index >= 15 is 0 Å². The second kappa shape index (κ2) is 13.2. The van der Waals surface area contributed by atoms with E-state index in [1.807, 2.05) is 0 Å². The van der Waals surface area contributed by atoms with Gasteiger partial charge in [-0.05, 0) is 70.3 Å². The number of nitrogens with zero attached hydrogens (tertiary/aromatic N) is 2. The number of halogens is 1. The number of guanidine groups is 1. The molecule has 1 aliphatic heterocycles. The fourth-order valence-corrected chi connectivity index (χ4v) is 4.35. The van der Waals surface area contributed by atoms with Gasteiger partial charge >= 0.3 is 0 Å². The molecule has 5 nitrogen and oxygen atoms in total. The largest absolute Gasteiger partial charge is 0.393 e. The van der Waals surface area contributed by atoms with Gasteiger partial charge in [-0.3, -0.25) is 4.99 Å². The summed E-state index contributed by atoms with van der Waals surface area (Å²) in [5.41, 5.74) is 0. The van der Waals surface area contributed by atoms with Crippen molar-refractivity contribution in [2.45, 2.75) is 77.9 Å². The number of aliphatic hydroxyl groups is 1. The van der Waals surface area contributed by atoms with Crippen LogP contribution < -0.4 is 10.6 Å². The molecule has 0 aromatic heterocycles. The van der Waals surface area contributed by atoms with Crippen molar-refractivity contribution >= 4 is 29.9 Å². The van der Waals surface area contributed by atoms with Gasteiger partial charge in [0.1, 0.15) is 0 Å². The summed E-state index contributed by atoms with van der Waals surface area (Å²) < 4.78 is 0. The molecule has 0 radical (unpaired) electrons. The topological polar surface area (TPSA) is 59.9 Å². The molecule has 1 aliphatic carbocycles. The van der Waals surface area contributed by atoms with Gasteiger partial charge in [-0.15, -0.1) is 24.0 Å². The first-order valence-electron chi connectivity index (χ1n) is 10.5. The van der Waals surface area contributed by atoms with Gasteiger partial charge in [-0.2, -0.15) is 0 Å². The van der Waals surface area contributed by atoms with E-state index in [0.29, 0.717) is 6.04 Å². The van der Waals surface area contributed by atoms with Crippen LogP contribution in [0.2, 0.25) is 0 Å². The van der Waals surface area contributed by atoms with Gasteiger partial charge < -0.3 is 20.6 Å². The molecule has 0 aromatic rings. The summed E-state index contributed by atoms with van der Waals surface area (Å²) in [5, 5.41) is 16.5. The smallest absolute Gasteiger partial charge is 0.191 e. The van der Waals surface area contributed by atoms with Gasteiger partial charge in [0.2, 0.25) is 0 Å². The minimum absolute atomic E-state index is 0. The number of unbranched alkanes of at least 4 members (excludes halogenated alkanes) is 1. The summed E-state index contributed by atoms with van der Waals surface area (Å²) in [6, 6.07) is 0.456. The van der Waals surface area contributed by atoms with Crippen LogP contribution in [0, 0.1) is 11.8 Å². The van der Waals surface area contributed by atoms with E-state index in [1.165, 1.54) is 32.5 Å². The highest BCUT2D eigenvalue weighted by Gasteiger charge is 2.21. The Balaban J connectivity index is 0.00000338. The molecular weight excluding hydrogens is 439 g/mol. The fraction of sp³-hybridized carbons (Fsp3) is 0.950. The van der Waals surface area contributed by atoms with Gasteiger partial charge in [0, 0.05) is 32.2 Å². The number of hydrogen-bond donors (Lipinski definition) is 3. The predicted molar refractivity (Wildman–Crippen MR) is 121 cm³/mol. The van der Waals surface area contributed by atoms with Crippen LogP contribution in [0.25, 0.3) is 0 Å². The number of aliphatic hydroxyl groups excluding tert-OH is 1. The zero-order valence-corrected chi connectivity index (χ0v) is 19.4. The van der Waals surface area contributed by atoms with Crippen LogP contribution in [-0.4, -0.2) is 60.8 Å². The van der Waals surface area contributed by atoms with Crippen molar-refractivity contribution < 1.29 is 5.11 Å². The van der Waals surface area contributed by atoms with Crippen LogP contribution in [0.4, 0.5) is 0 Å². The highest BCUT2D eigenvalue weighted by atomic mass is 127. The highest BCUT2D eigenvalue weighted by molar-refractivity contribution is 14.0. The number of piperidine rings is 1. The van der Waals surface area contributed by atoms with Crippen molar-refractivity contribution in [2.75, 3.05) is 32.7 Å². The maximum absolute atomic E-state index is 9.63. The van der Waals surface area contributed by atoms with Gasteiger partial charge in [0.15, 0.2) is 5.96 Å². The van der Waals surface area contributed by atoms with E-state index in [9.17, 15) is 5.11 Å². The zero-order chi connectivity index (χ0) is 18.1. The molecule has 0 amide bonds. The van der Waals surface area contributed by atoms with Crippen LogP contribution in [0.15, 0.2) is 4.99 Å². The number of likely N-dealkylation sites (tertiary alicyclic amines) is 1. The summed E-state index contributed by atoms with van der Waals surface area (Å²) in [4.78, 5) is 7.39. The first-order chi connectivity index (χ1) is 12.1. The normalized spacial score (nSPS) is 30.5. The van der Waals surface area contributed by atoms with Crippen LogP contribution >= 0.6 is 24.0 Å². The monoisotopic (exact) mass is 480 g/mol. The Morgan fingerprint density at radius 3 is 2.35 bits per heavy atom. The fourth-order valence-electron chi connectivity index (χ4n) is 4.35. The first-order valence-corrected chi connectivity index (χ1v) is 10.5. The first kappa shape index (κ1) is 24.0. The molecule has 2 unspecified atom stereocenters. The van der Waals surface area contributed by atoms with Crippen LogP contribution in [0.3, 0.4) is 0 Å². The van der Waals surface area contributed by atoms with Gasteiger partial charge in [-0.25, -0.2) is 0 Å². The van der Waals surface area contributed by atoms with Crippen molar-refractivity contribution in [3.63, 3.8) is 0 Å². The van der Waals surface area contributed by atoms with Crippen LogP contribution in [-0.2, 0) is 0 Å². The summed E-state index contributed by atoms with van der Waals surface area (Å²) in [6.45, 7) is 12.4. The minimum atomic E-state index is -0.0993. The van der Waals surface area contributed by atoms with Gasteiger partial charge in [-0.1, -0.05) is 13.8 Å². The molecule has 2 aliphatic rings. The second-order valence-electron chi connectivity index (χ2n) is 8.32. The van der Waals surface area contributed by atoms with Crippen molar-refractivity contribution in [2.24, 2.45) is 16.8 Å². The molecule has 6 heteroatoms. The van der Waals surface area contributed by atoms with Crippen molar-refractivity contribution in [3.8, 4) is 0 Å². The molecule has 1 heterocycles. The third kappa shape index (κ3) is 9.22. The lowest BCUT2D eigenvalue weighted by Crippen LogP contribution is -2.45. The lowest BCUT2D eigenvalue weighted by atomic mass is 9.92. The van der Waals surface area contributed by atoms with E-state index in [4.69, 9.17) is 4.99 Å². The van der Waals surface area contributed by atoms with Crippen molar-refractivity contribution in [1.29, 1.82) is 0 Å². The number of aliphatic imine (C=N–C) groups is 1. The predicted octanol–water partition coefficient (Wildman–Crippen LogP) is 3.22. The Hall–Kier alpha value is -0.0800. The Bertz CT molecular complexity index is 389. The molecule has 154 valence electrons. The van der Waals surface area contributed by atoms with Crippen LogP contribution in [0.1, 0.15) is 65.7 Å². The summed E-state index contributed by atoms with van der Waals surface area (Å²) in [5.74, 6) is 2.64. The third-order valence-electron chi connectivity index (χ3n) is 5.48. The molecule has 2 rings (SSSR count). The third-order valence-corrected chi connectivity index (χ3v) is 5.48. The Labute approximate surface area is 177 Å². The average Bonchev–Trinajstić information content (AvgIpc) is 2.56. The maximum Gasteiger partial charge on any atom is 0.191 e. The minimum Gasteiger partial charge on any atom is -0.393 e.